The molecule has 0 aliphatic heterocycles. The van der Waals surface area contributed by atoms with Gasteiger partial charge in [0.25, 0.3) is 5.69 Å². The van der Waals surface area contributed by atoms with Crippen molar-refractivity contribution in [2.45, 2.75) is 14.0 Å². The second-order valence-corrected chi connectivity index (χ2v) is 11.6. The van der Waals surface area contributed by atoms with Crippen LogP contribution in [0.15, 0.2) is 68.7 Å². The molecule has 0 atom stereocenters. The maximum atomic E-state index is 12.6. The number of nitro benzene ring substituents is 1. The lowest BCUT2D eigenvalue weighted by molar-refractivity contribution is -0.384. The number of halogens is 1. The Labute approximate surface area is 185 Å². The molecule has 2 aromatic carbocycles. The van der Waals surface area contributed by atoms with Crippen molar-refractivity contribution in [3.8, 4) is 0 Å². The van der Waals surface area contributed by atoms with E-state index >= 15 is 0 Å². The number of nitrogens with one attached hydrogen (secondary N) is 1. The van der Waals surface area contributed by atoms with Crippen LogP contribution in [-0.2, 0) is 24.5 Å². The summed E-state index contributed by atoms with van der Waals surface area (Å²) in [7, 11) is -7.97. The quantitative estimate of drug-likeness (QED) is 0.383. The Morgan fingerprint density at radius 3 is 2.19 bits per heavy atom. The van der Waals surface area contributed by atoms with Gasteiger partial charge < -0.3 is 5.32 Å². The molecule has 0 saturated heterocycles. The third-order valence-corrected chi connectivity index (χ3v) is 8.88. The van der Waals surface area contributed by atoms with E-state index < -0.39 is 36.3 Å². The van der Waals surface area contributed by atoms with Gasteiger partial charge in [0.2, 0.25) is 15.7 Å². The smallest absolute Gasteiger partial charge is 0.269 e. The van der Waals surface area contributed by atoms with Crippen molar-refractivity contribution in [2.75, 3.05) is 11.1 Å². The molecule has 14 heteroatoms. The average Bonchev–Trinajstić information content (AvgIpc) is 3.17. The number of benzene rings is 2. The normalized spacial score (nSPS) is 11.8. The molecule has 0 saturated carbocycles. The molecule has 0 unspecified atom stereocenters. The average molecular weight is 502 g/mol. The lowest BCUT2D eigenvalue weighted by Gasteiger charge is -2.04. The van der Waals surface area contributed by atoms with Gasteiger partial charge in [0.05, 0.1) is 20.9 Å². The molecule has 1 heterocycles. The maximum absolute atomic E-state index is 12.6. The van der Waals surface area contributed by atoms with Crippen molar-refractivity contribution < 1.29 is 26.6 Å². The summed E-state index contributed by atoms with van der Waals surface area (Å²) in [5, 5.41) is 13.2. The van der Waals surface area contributed by atoms with Crippen molar-refractivity contribution in [3.63, 3.8) is 0 Å². The fraction of sp³-hybridized carbons (Fsp3) is 0.0588. The molecular formula is C17H12ClN3O7S3. The molecule has 31 heavy (non-hydrogen) atoms. The standard InChI is InChI=1S/C17H12ClN3O7S3/c18-11-1-5-13(6-2-11)30(25,26)10-15(22)20-17-19-9-16(29-17)31(27,28)14-7-3-12(4-8-14)21(23)24/h1-9H,10H2,(H,19,20,22). The molecule has 0 aliphatic rings. The van der Waals surface area contributed by atoms with Gasteiger partial charge in [0.15, 0.2) is 15.0 Å². The fourth-order valence-corrected chi connectivity index (χ4v) is 6.07. The van der Waals surface area contributed by atoms with Gasteiger partial charge >= 0.3 is 0 Å². The van der Waals surface area contributed by atoms with E-state index in [1.807, 2.05) is 0 Å². The topological polar surface area (TPSA) is 153 Å². The van der Waals surface area contributed by atoms with Crippen LogP contribution in [0.2, 0.25) is 5.02 Å². The second-order valence-electron chi connectivity index (χ2n) is 6.00. The Hall–Kier alpha value is -2.87. The molecule has 0 aliphatic carbocycles. The fourth-order valence-electron chi connectivity index (χ4n) is 2.36. The van der Waals surface area contributed by atoms with Crippen LogP contribution in [0.4, 0.5) is 10.8 Å². The summed E-state index contributed by atoms with van der Waals surface area (Å²) in [6, 6.07) is 9.57. The number of nitro groups is 1. The Kier molecular flexibility index (Phi) is 6.40. The minimum atomic E-state index is -4.03. The molecular weight excluding hydrogens is 490 g/mol. The molecule has 1 amide bonds. The van der Waals surface area contributed by atoms with Gasteiger partial charge in [-0.05, 0) is 36.4 Å². The van der Waals surface area contributed by atoms with Crippen LogP contribution >= 0.6 is 22.9 Å². The molecule has 162 valence electrons. The summed E-state index contributed by atoms with van der Waals surface area (Å²) < 4.78 is 49.7. The van der Waals surface area contributed by atoms with Gasteiger partial charge in [0.1, 0.15) is 9.96 Å². The van der Waals surface area contributed by atoms with Crippen molar-refractivity contribution >= 4 is 59.3 Å². The Morgan fingerprint density at radius 2 is 1.61 bits per heavy atom. The van der Waals surface area contributed by atoms with Gasteiger partial charge in [-0.3, -0.25) is 14.9 Å². The molecule has 3 rings (SSSR count). The number of rotatable bonds is 7. The van der Waals surface area contributed by atoms with Crippen molar-refractivity contribution in [2.24, 2.45) is 0 Å². The summed E-state index contributed by atoms with van der Waals surface area (Å²) in [6.07, 6.45) is 1.00. The molecule has 0 spiro atoms. The molecule has 10 nitrogen and oxygen atoms in total. The third-order valence-electron chi connectivity index (χ3n) is 3.85. The molecule has 1 aromatic heterocycles. The van der Waals surface area contributed by atoms with Crippen LogP contribution in [0.3, 0.4) is 0 Å². The number of thiazole rings is 1. The summed E-state index contributed by atoms with van der Waals surface area (Å²) >= 11 is 6.34. The number of amides is 1. The largest absolute Gasteiger partial charge is 0.301 e. The maximum Gasteiger partial charge on any atom is 0.269 e. The van der Waals surface area contributed by atoms with Gasteiger partial charge in [-0.2, -0.15) is 0 Å². The Balaban J connectivity index is 1.73. The molecule has 0 radical (unpaired) electrons. The van der Waals surface area contributed by atoms with E-state index in [4.69, 9.17) is 11.6 Å². The van der Waals surface area contributed by atoms with Gasteiger partial charge in [0, 0.05) is 17.2 Å². The molecule has 1 N–H and O–H groups in total. The first-order valence-corrected chi connectivity index (χ1v) is 12.6. The number of nitrogens with zero attached hydrogens (tertiary/aromatic N) is 2. The third kappa shape index (κ3) is 5.25. The van der Waals surface area contributed by atoms with E-state index in [-0.39, 0.29) is 24.8 Å². The highest BCUT2D eigenvalue weighted by molar-refractivity contribution is 7.93. The van der Waals surface area contributed by atoms with Crippen LogP contribution in [0.5, 0.6) is 0 Å². The van der Waals surface area contributed by atoms with E-state index in [0.717, 1.165) is 30.5 Å². The Bertz CT molecular complexity index is 1350. The first kappa shape index (κ1) is 22.8. The van der Waals surface area contributed by atoms with Crippen LogP contribution < -0.4 is 5.32 Å². The number of hydrogen-bond donors (Lipinski definition) is 1. The van der Waals surface area contributed by atoms with E-state index in [1.54, 1.807) is 0 Å². The number of anilines is 1. The lowest BCUT2D eigenvalue weighted by Crippen LogP contribution is -2.22. The second kappa shape index (κ2) is 8.70. The number of carbonyl (C=O) groups is 1. The number of aromatic nitrogens is 1. The number of sulfone groups is 2. The molecule has 0 fully saturated rings. The van der Waals surface area contributed by atoms with Gasteiger partial charge in [-0.15, -0.1) is 0 Å². The van der Waals surface area contributed by atoms with E-state index in [1.165, 1.54) is 24.3 Å². The first-order valence-electron chi connectivity index (χ1n) is 8.22. The van der Waals surface area contributed by atoms with Crippen LogP contribution in [0.25, 0.3) is 0 Å². The summed E-state index contributed by atoms with van der Waals surface area (Å²) in [4.78, 5) is 25.7. The summed E-state index contributed by atoms with van der Waals surface area (Å²) in [5.74, 6) is -1.78. The minimum Gasteiger partial charge on any atom is -0.301 e. The lowest BCUT2D eigenvalue weighted by atomic mass is 10.3. The van der Waals surface area contributed by atoms with Crippen molar-refractivity contribution in [1.29, 1.82) is 0 Å². The zero-order chi connectivity index (χ0) is 22.8. The molecule has 3 aromatic rings. The van der Waals surface area contributed by atoms with Crippen LogP contribution in [0, 0.1) is 10.1 Å². The van der Waals surface area contributed by atoms with Crippen molar-refractivity contribution in [3.05, 3.63) is 69.9 Å². The van der Waals surface area contributed by atoms with E-state index in [2.05, 4.69) is 10.3 Å². The zero-order valence-electron chi connectivity index (χ0n) is 15.3. The minimum absolute atomic E-state index is 0.0902. The highest BCUT2D eigenvalue weighted by Crippen LogP contribution is 2.29. The van der Waals surface area contributed by atoms with Crippen molar-refractivity contribution in [1.82, 2.24) is 4.98 Å². The van der Waals surface area contributed by atoms with Crippen LogP contribution in [0.1, 0.15) is 0 Å². The molecule has 0 bridgehead atoms. The van der Waals surface area contributed by atoms with Gasteiger partial charge in [-0.25, -0.2) is 21.8 Å². The van der Waals surface area contributed by atoms with E-state index in [0.29, 0.717) is 16.4 Å². The highest BCUT2D eigenvalue weighted by atomic mass is 35.5. The van der Waals surface area contributed by atoms with E-state index in [9.17, 15) is 31.7 Å². The summed E-state index contributed by atoms with van der Waals surface area (Å²) in [6.45, 7) is 0. The number of non-ortho nitro benzene ring substituents is 1. The number of carbonyl (C=O) groups excluding carboxylic acids is 1. The monoisotopic (exact) mass is 501 g/mol. The highest BCUT2D eigenvalue weighted by Gasteiger charge is 2.24. The predicted molar refractivity (Wildman–Crippen MR) is 113 cm³/mol. The first-order chi connectivity index (χ1) is 14.5. The van der Waals surface area contributed by atoms with Crippen LogP contribution in [-0.4, -0.2) is 38.4 Å². The summed E-state index contributed by atoms with van der Waals surface area (Å²) in [5.41, 5.74) is -0.266. The predicted octanol–water partition coefficient (Wildman–Crippen LogP) is 2.95. The SMILES string of the molecule is O=C(CS(=O)(=O)c1ccc(Cl)cc1)Nc1ncc(S(=O)(=O)c2ccc([N+](=O)[O-])cc2)s1. The Morgan fingerprint density at radius 1 is 1.03 bits per heavy atom. The number of hydrogen-bond acceptors (Lipinski definition) is 9. The van der Waals surface area contributed by atoms with Gasteiger partial charge in [-0.1, -0.05) is 22.9 Å². The zero-order valence-corrected chi connectivity index (χ0v) is 18.5.